The number of aromatic nitrogens is 2. The molecule has 6 nitrogen and oxygen atoms in total. The lowest BCUT2D eigenvalue weighted by molar-refractivity contribution is -0.120. The Balaban J connectivity index is 1.66. The number of piperidine rings is 1. The average Bonchev–Trinajstić information content (AvgIpc) is 3.07. The van der Waals surface area contributed by atoms with Crippen molar-refractivity contribution in [2.24, 2.45) is 5.92 Å². The number of carbonyl (C=O) groups excluding carboxylic acids is 1. The molecule has 134 valence electrons. The van der Waals surface area contributed by atoms with E-state index in [2.05, 4.69) is 20.8 Å². The first kappa shape index (κ1) is 16.5. The van der Waals surface area contributed by atoms with Crippen LogP contribution in [-0.2, 0) is 4.79 Å². The van der Waals surface area contributed by atoms with Gasteiger partial charge in [0, 0.05) is 17.5 Å². The maximum atomic E-state index is 14.3. The van der Waals surface area contributed by atoms with Crippen LogP contribution in [0.2, 0.25) is 0 Å². The topological polar surface area (TPSA) is 95.8 Å². The number of aromatic amines is 1. The number of halogens is 1. The van der Waals surface area contributed by atoms with Crippen molar-refractivity contribution < 1.29 is 9.18 Å². The summed E-state index contributed by atoms with van der Waals surface area (Å²) in [4.78, 5) is 12.5. The van der Waals surface area contributed by atoms with Crippen molar-refractivity contribution in [2.45, 2.75) is 12.8 Å². The summed E-state index contributed by atoms with van der Waals surface area (Å²) in [6, 6.07) is 10.3. The van der Waals surface area contributed by atoms with Crippen LogP contribution in [0.5, 0.6) is 0 Å². The SMILES string of the molecule is Nc1cccc(-c2ccc3[nH]nc(NC(=O)C4CCCNC4)c3c2)c1F. The molecule has 0 radical (unpaired) electrons. The van der Waals surface area contributed by atoms with Crippen LogP contribution < -0.4 is 16.4 Å². The quantitative estimate of drug-likeness (QED) is 0.545. The summed E-state index contributed by atoms with van der Waals surface area (Å²) in [6.07, 6.45) is 1.85. The second kappa shape index (κ2) is 6.76. The molecule has 2 aromatic carbocycles. The molecule has 0 saturated carbocycles. The molecular formula is C19H20FN5O. The van der Waals surface area contributed by atoms with Crippen LogP contribution in [0.15, 0.2) is 36.4 Å². The van der Waals surface area contributed by atoms with E-state index in [4.69, 9.17) is 5.73 Å². The molecule has 1 aliphatic heterocycles. The lowest BCUT2D eigenvalue weighted by atomic mass is 9.99. The Morgan fingerprint density at radius 1 is 1.31 bits per heavy atom. The number of benzene rings is 2. The molecule has 1 aromatic heterocycles. The molecule has 1 saturated heterocycles. The number of hydrogen-bond donors (Lipinski definition) is 4. The predicted molar refractivity (Wildman–Crippen MR) is 100 cm³/mol. The molecular weight excluding hydrogens is 333 g/mol. The van der Waals surface area contributed by atoms with Crippen molar-refractivity contribution in [3.63, 3.8) is 0 Å². The number of nitrogens with one attached hydrogen (secondary N) is 3. The number of fused-ring (bicyclic) bond motifs is 1. The molecule has 4 rings (SSSR count). The van der Waals surface area contributed by atoms with Crippen molar-refractivity contribution in [3.05, 3.63) is 42.2 Å². The standard InChI is InChI=1S/C19H20FN5O/c20-17-13(4-1-5-15(17)21)11-6-7-16-14(9-11)18(25-24-16)23-19(26)12-3-2-8-22-10-12/h1,4-7,9,12,22H,2-3,8,10,21H2,(H2,23,24,25,26). The first-order valence-corrected chi connectivity index (χ1v) is 8.67. The number of amides is 1. The molecule has 1 fully saturated rings. The molecule has 3 aromatic rings. The Labute approximate surface area is 150 Å². The normalized spacial score (nSPS) is 17.3. The molecule has 1 atom stereocenters. The molecule has 0 aliphatic carbocycles. The summed E-state index contributed by atoms with van der Waals surface area (Å²) >= 11 is 0. The fourth-order valence-electron chi connectivity index (χ4n) is 3.34. The molecule has 0 bridgehead atoms. The van der Waals surface area contributed by atoms with Gasteiger partial charge in [0.05, 0.1) is 17.1 Å². The van der Waals surface area contributed by atoms with Crippen LogP contribution in [0.25, 0.3) is 22.0 Å². The first-order chi connectivity index (χ1) is 12.6. The van der Waals surface area contributed by atoms with Crippen LogP contribution in [-0.4, -0.2) is 29.2 Å². The Kier molecular flexibility index (Phi) is 4.30. The van der Waals surface area contributed by atoms with E-state index in [0.29, 0.717) is 23.5 Å². The minimum Gasteiger partial charge on any atom is -0.396 e. The van der Waals surface area contributed by atoms with E-state index in [1.807, 2.05) is 12.1 Å². The summed E-state index contributed by atoms with van der Waals surface area (Å²) < 4.78 is 14.3. The van der Waals surface area contributed by atoms with Crippen LogP contribution in [0.4, 0.5) is 15.9 Å². The van der Waals surface area contributed by atoms with E-state index < -0.39 is 5.82 Å². The summed E-state index contributed by atoms with van der Waals surface area (Å²) in [5.74, 6) is -0.105. The number of hydrogen-bond acceptors (Lipinski definition) is 4. The zero-order valence-electron chi connectivity index (χ0n) is 14.2. The monoisotopic (exact) mass is 353 g/mol. The Morgan fingerprint density at radius 3 is 3.00 bits per heavy atom. The van der Waals surface area contributed by atoms with E-state index in [1.165, 1.54) is 6.07 Å². The highest BCUT2D eigenvalue weighted by molar-refractivity contribution is 6.01. The van der Waals surface area contributed by atoms with Crippen molar-refractivity contribution in [1.29, 1.82) is 0 Å². The van der Waals surface area contributed by atoms with Gasteiger partial charge < -0.3 is 16.4 Å². The maximum absolute atomic E-state index is 14.3. The van der Waals surface area contributed by atoms with Gasteiger partial charge in [-0.05, 0) is 43.1 Å². The minimum atomic E-state index is -0.450. The highest BCUT2D eigenvalue weighted by Crippen LogP contribution is 2.31. The third kappa shape index (κ3) is 3.01. The van der Waals surface area contributed by atoms with Gasteiger partial charge in [-0.1, -0.05) is 18.2 Å². The molecule has 5 N–H and O–H groups in total. The summed E-state index contributed by atoms with van der Waals surface area (Å²) in [7, 11) is 0. The van der Waals surface area contributed by atoms with Gasteiger partial charge >= 0.3 is 0 Å². The highest BCUT2D eigenvalue weighted by atomic mass is 19.1. The molecule has 1 unspecified atom stereocenters. The Hall–Kier alpha value is -2.93. The van der Waals surface area contributed by atoms with E-state index in [0.717, 1.165) is 30.3 Å². The molecule has 1 aliphatic rings. The van der Waals surface area contributed by atoms with Crippen molar-refractivity contribution in [3.8, 4) is 11.1 Å². The molecule has 2 heterocycles. The fourth-order valence-corrected chi connectivity index (χ4v) is 3.34. The van der Waals surface area contributed by atoms with Gasteiger partial charge in [0.2, 0.25) is 5.91 Å². The largest absolute Gasteiger partial charge is 0.396 e. The van der Waals surface area contributed by atoms with Gasteiger partial charge in [0.15, 0.2) is 11.6 Å². The van der Waals surface area contributed by atoms with Crippen molar-refractivity contribution in [1.82, 2.24) is 15.5 Å². The van der Waals surface area contributed by atoms with Gasteiger partial charge in [0.25, 0.3) is 0 Å². The summed E-state index contributed by atoms with van der Waals surface area (Å²) in [5, 5.41) is 14.0. The number of H-pyrrole nitrogens is 1. The number of anilines is 2. The Morgan fingerprint density at radius 2 is 2.19 bits per heavy atom. The third-order valence-corrected chi connectivity index (χ3v) is 4.81. The molecule has 1 amide bonds. The second-order valence-electron chi connectivity index (χ2n) is 6.57. The maximum Gasteiger partial charge on any atom is 0.229 e. The lowest BCUT2D eigenvalue weighted by Gasteiger charge is -2.21. The molecule has 0 spiro atoms. The van der Waals surface area contributed by atoms with Crippen molar-refractivity contribution >= 4 is 28.3 Å². The van der Waals surface area contributed by atoms with E-state index in [1.54, 1.807) is 18.2 Å². The predicted octanol–water partition coefficient (Wildman–Crippen LogP) is 2.89. The fraction of sp³-hybridized carbons (Fsp3) is 0.263. The number of carbonyl (C=O) groups is 1. The molecule has 7 heteroatoms. The zero-order valence-corrected chi connectivity index (χ0v) is 14.2. The van der Waals surface area contributed by atoms with Crippen molar-refractivity contribution in [2.75, 3.05) is 24.1 Å². The second-order valence-corrected chi connectivity index (χ2v) is 6.57. The van der Waals surface area contributed by atoms with Crippen LogP contribution >= 0.6 is 0 Å². The summed E-state index contributed by atoms with van der Waals surface area (Å²) in [6.45, 7) is 1.62. The van der Waals surface area contributed by atoms with Gasteiger partial charge in [-0.3, -0.25) is 9.89 Å². The van der Waals surface area contributed by atoms with Gasteiger partial charge in [-0.25, -0.2) is 4.39 Å². The number of nitrogen functional groups attached to an aromatic ring is 1. The lowest BCUT2D eigenvalue weighted by Crippen LogP contribution is -2.37. The van der Waals surface area contributed by atoms with Gasteiger partial charge in [0.1, 0.15) is 0 Å². The van der Waals surface area contributed by atoms with Crippen LogP contribution in [0.1, 0.15) is 12.8 Å². The zero-order chi connectivity index (χ0) is 18.1. The smallest absolute Gasteiger partial charge is 0.229 e. The van der Waals surface area contributed by atoms with Gasteiger partial charge in [-0.2, -0.15) is 5.10 Å². The number of nitrogens with two attached hydrogens (primary N) is 1. The van der Waals surface area contributed by atoms with E-state index in [9.17, 15) is 9.18 Å². The van der Waals surface area contributed by atoms with Crippen LogP contribution in [0, 0.1) is 11.7 Å². The highest BCUT2D eigenvalue weighted by Gasteiger charge is 2.22. The van der Waals surface area contributed by atoms with Gasteiger partial charge in [-0.15, -0.1) is 0 Å². The van der Waals surface area contributed by atoms with E-state index >= 15 is 0 Å². The third-order valence-electron chi connectivity index (χ3n) is 4.81. The molecule has 26 heavy (non-hydrogen) atoms. The summed E-state index contributed by atoms with van der Waals surface area (Å²) in [5.41, 5.74) is 7.65. The van der Waals surface area contributed by atoms with E-state index in [-0.39, 0.29) is 17.5 Å². The number of nitrogens with zero attached hydrogens (tertiary/aromatic N) is 1. The number of rotatable bonds is 3. The average molecular weight is 353 g/mol. The van der Waals surface area contributed by atoms with Crippen LogP contribution in [0.3, 0.4) is 0 Å². The first-order valence-electron chi connectivity index (χ1n) is 8.67. The minimum absolute atomic E-state index is 0.0499. The Bertz CT molecular complexity index is 962.